The van der Waals surface area contributed by atoms with Gasteiger partial charge in [0.1, 0.15) is 6.26 Å². The Hall–Kier alpha value is -0.550. The average molecular weight is 208 g/mol. The maximum absolute atomic E-state index is 10.1. The Morgan fingerprint density at radius 1 is 1.46 bits per heavy atom. The third-order valence-electron chi connectivity index (χ3n) is 1.71. The van der Waals surface area contributed by atoms with E-state index in [9.17, 15) is 8.42 Å². The van der Waals surface area contributed by atoms with Crippen LogP contribution in [-0.4, -0.2) is 13.0 Å². The van der Waals surface area contributed by atoms with Crippen molar-refractivity contribution in [1.82, 2.24) is 0 Å². The molecule has 0 aliphatic heterocycles. The molecule has 13 heavy (non-hydrogen) atoms. The molecule has 0 fully saturated rings. The fourth-order valence-electron chi connectivity index (χ4n) is 1.02. The van der Waals surface area contributed by atoms with E-state index in [1.165, 1.54) is 0 Å². The minimum atomic E-state index is -4.33. The molecule has 0 radical (unpaired) electrons. The third kappa shape index (κ3) is 7.80. The van der Waals surface area contributed by atoms with Crippen molar-refractivity contribution in [1.29, 1.82) is 0 Å². The highest BCUT2D eigenvalue weighted by atomic mass is 32.3. The van der Waals surface area contributed by atoms with Gasteiger partial charge in [0.15, 0.2) is 0 Å². The van der Waals surface area contributed by atoms with E-state index in [1.807, 2.05) is 6.92 Å². The third-order valence-corrected chi connectivity index (χ3v) is 2.07. The van der Waals surface area contributed by atoms with Crippen LogP contribution in [0.2, 0.25) is 0 Å². The normalized spacial score (nSPS) is 14.7. The predicted octanol–water partition coefficient (Wildman–Crippen LogP) is 2.15. The molecule has 5 heteroatoms. The molecule has 0 bridgehead atoms. The molecule has 78 valence electrons. The van der Waals surface area contributed by atoms with Crippen LogP contribution in [0.1, 0.15) is 33.1 Å². The van der Waals surface area contributed by atoms with Gasteiger partial charge in [-0.3, -0.25) is 4.55 Å². The highest BCUT2D eigenvalue weighted by Gasteiger charge is 2.02. The minimum Gasteiger partial charge on any atom is -0.370 e. The van der Waals surface area contributed by atoms with E-state index in [2.05, 4.69) is 11.1 Å². The van der Waals surface area contributed by atoms with Crippen LogP contribution in [0.25, 0.3) is 0 Å². The molecular weight excluding hydrogens is 192 g/mol. The fraction of sp³-hybridized carbons (Fsp3) is 0.750. The van der Waals surface area contributed by atoms with Gasteiger partial charge < -0.3 is 4.18 Å². The lowest BCUT2D eigenvalue weighted by Gasteiger charge is -2.06. The zero-order valence-corrected chi connectivity index (χ0v) is 8.75. The van der Waals surface area contributed by atoms with Gasteiger partial charge in [0, 0.05) is 0 Å². The summed E-state index contributed by atoms with van der Waals surface area (Å²) in [5.41, 5.74) is 0. The van der Waals surface area contributed by atoms with Crippen LogP contribution in [-0.2, 0) is 14.6 Å². The quantitative estimate of drug-likeness (QED) is 0.536. The van der Waals surface area contributed by atoms with E-state index in [0.29, 0.717) is 5.92 Å². The second-order valence-corrected chi connectivity index (χ2v) is 3.86. The van der Waals surface area contributed by atoms with Crippen LogP contribution in [0.3, 0.4) is 0 Å². The van der Waals surface area contributed by atoms with Crippen molar-refractivity contribution >= 4 is 10.4 Å². The molecule has 0 amide bonds. The first-order valence-electron chi connectivity index (χ1n) is 4.32. The lowest BCUT2D eigenvalue weighted by Crippen LogP contribution is -1.99. The summed E-state index contributed by atoms with van der Waals surface area (Å²) in [7, 11) is -4.33. The smallest absolute Gasteiger partial charge is 0.370 e. The van der Waals surface area contributed by atoms with Crippen LogP contribution >= 0.6 is 0 Å². The van der Waals surface area contributed by atoms with Crippen molar-refractivity contribution < 1.29 is 17.2 Å². The summed E-state index contributed by atoms with van der Waals surface area (Å²) in [6, 6.07) is 0. The minimum absolute atomic E-state index is 0.312. The lowest BCUT2D eigenvalue weighted by molar-refractivity contribution is 0.353. The van der Waals surface area contributed by atoms with Gasteiger partial charge in [0.25, 0.3) is 0 Å². The Balaban J connectivity index is 3.94. The second-order valence-electron chi connectivity index (χ2n) is 2.81. The van der Waals surface area contributed by atoms with Crippen LogP contribution in [0, 0.1) is 5.92 Å². The van der Waals surface area contributed by atoms with Crippen LogP contribution in [0.4, 0.5) is 0 Å². The summed E-state index contributed by atoms with van der Waals surface area (Å²) in [5.74, 6) is 0.312. The number of hydrogen-bond acceptors (Lipinski definition) is 3. The van der Waals surface area contributed by atoms with E-state index in [4.69, 9.17) is 4.55 Å². The van der Waals surface area contributed by atoms with Crippen LogP contribution in [0.15, 0.2) is 12.3 Å². The SMILES string of the molecule is CCCC(/C=C/OS(=O)(=O)O)CC. The molecule has 1 atom stereocenters. The van der Waals surface area contributed by atoms with Gasteiger partial charge >= 0.3 is 10.4 Å². The molecule has 0 aromatic heterocycles. The molecule has 0 aromatic carbocycles. The largest absolute Gasteiger partial charge is 0.445 e. The molecule has 1 N–H and O–H groups in total. The van der Waals surface area contributed by atoms with E-state index in [0.717, 1.165) is 25.5 Å². The Morgan fingerprint density at radius 2 is 2.08 bits per heavy atom. The highest BCUT2D eigenvalue weighted by Crippen LogP contribution is 2.12. The van der Waals surface area contributed by atoms with Gasteiger partial charge in [-0.05, 0) is 24.8 Å². The fourth-order valence-corrected chi connectivity index (χ4v) is 1.23. The van der Waals surface area contributed by atoms with E-state index < -0.39 is 10.4 Å². The standard InChI is InChI=1S/C8H16O4S/c1-3-5-8(4-2)6-7-12-13(9,10)11/h6-8H,3-5H2,1-2H3,(H,9,10,11)/b7-6+. The number of rotatable bonds is 6. The molecule has 0 saturated carbocycles. The Kier molecular flexibility index (Phi) is 5.73. The molecule has 0 heterocycles. The van der Waals surface area contributed by atoms with Crippen molar-refractivity contribution in [2.75, 3.05) is 0 Å². The second kappa shape index (κ2) is 5.99. The summed E-state index contributed by atoms with van der Waals surface area (Å²) >= 11 is 0. The number of allylic oxidation sites excluding steroid dienone is 1. The Labute approximate surface area is 79.6 Å². The molecule has 0 spiro atoms. The van der Waals surface area contributed by atoms with Gasteiger partial charge in [0.2, 0.25) is 0 Å². The maximum atomic E-state index is 10.1. The van der Waals surface area contributed by atoms with Crippen molar-refractivity contribution in [3.8, 4) is 0 Å². The van der Waals surface area contributed by atoms with Gasteiger partial charge in [-0.1, -0.05) is 20.3 Å². The topological polar surface area (TPSA) is 63.6 Å². The van der Waals surface area contributed by atoms with Gasteiger partial charge in [-0.15, -0.1) is 0 Å². The van der Waals surface area contributed by atoms with Crippen LogP contribution in [0.5, 0.6) is 0 Å². The zero-order chi connectivity index (χ0) is 10.3. The molecule has 0 rings (SSSR count). The molecule has 0 saturated heterocycles. The van der Waals surface area contributed by atoms with E-state index in [-0.39, 0.29) is 0 Å². The van der Waals surface area contributed by atoms with Gasteiger partial charge in [-0.25, -0.2) is 0 Å². The van der Waals surface area contributed by atoms with Gasteiger partial charge in [-0.2, -0.15) is 8.42 Å². The molecule has 1 unspecified atom stereocenters. The Morgan fingerprint density at radius 3 is 2.46 bits per heavy atom. The van der Waals surface area contributed by atoms with Gasteiger partial charge in [0.05, 0.1) is 0 Å². The summed E-state index contributed by atoms with van der Waals surface area (Å²) in [6.07, 6.45) is 5.63. The monoisotopic (exact) mass is 208 g/mol. The van der Waals surface area contributed by atoms with Crippen molar-refractivity contribution in [2.45, 2.75) is 33.1 Å². The van der Waals surface area contributed by atoms with Crippen molar-refractivity contribution in [3.05, 3.63) is 12.3 Å². The Bertz CT molecular complexity index is 243. The van der Waals surface area contributed by atoms with E-state index >= 15 is 0 Å². The first kappa shape index (κ1) is 12.4. The summed E-state index contributed by atoms with van der Waals surface area (Å²) in [6.45, 7) is 4.07. The zero-order valence-electron chi connectivity index (χ0n) is 7.93. The molecule has 4 nitrogen and oxygen atoms in total. The molecule has 0 aromatic rings. The maximum Gasteiger partial charge on any atom is 0.445 e. The number of hydrogen-bond donors (Lipinski definition) is 1. The lowest BCUT2D eigenvalue weighted by atomic mass is 10.0. The predicted molar refractivity (Wildman–Crippen MR) is 50.5 cm³/mol. The average Bonchev–Trinajstić information content (AvgIpc) is 2.01. The highest BCUT2D eigenvalue weighted by molar-refractivity contribution is 7.81. The van der Waals surface area contributed by atoms with Crippen molar-refractivity contribution in [2.24, 2.45) is 5.92 Å². The summed E-state index contributed by atoms with van der Waals surface area (Å²) < 4.78 is 32.6. The molecule has 0 aliphatic rings. The molecule has 0 aliphatic carbocycles. The van der Waals surface area contributed by atoms with Crippen molar-refractivity contribution in [3.63, 3.8) is 0 Å². The van der Waals surface area contributed by atoms with Crippen LogP contribution < -0.4 is 0 Å². The first-order valence-corrected chi connectivity index (χ1v) is 5.68. The summed E-state index contributed by atoms with van der Waals surface area (Å²) in [4.78, 5) is 0. The summed E-state index contributed by atoms with van der Waals surface area (Å²) in [5, 5.41) is 0. The first-order chi connectivity index (χ1) is 5.99. The molecular formula is C8H16O4S. The van der Waals surface area contributed by atoms with E-state index in [1.54, 1.807) is 6.08 Å².